The molecule has 1 N–H and O–H groups in total. The Morgan fingerprint density at radius 2 is 2.08 bits per heavy atom. The van der Waals surface area contributed by atoms with Gasteiger partial charge in [-0.3, -0.25) is 4.55 Å². The maximum absolute atomic E-state index is 11.1. The minimum atomic E-state index is -3.94. The third kappa shape index (κ3) is 4.39. The molecule has 3 rings (SSSR count). The largest absolute Gasteiger partial charge is 0.354 e. The van der Waals surface area contributed by atoms with Crippen LogP contribution in [0.4, 0.5) is 5.69 Å². The first kappa shape index (κ1) is 19.6. The number of nitrogens with zero attached hydrogens (tertiary/aromatic N) is 1. The molecule has 4 nitrogen and oxygen atoms in total. The SMILES string of the molecule is CC/C(=C\C1Sc2ccc3ccccc3c2N1CCCS(=O)(=O)O)SC. The van der Waals surface area contributed by atoms with Crippen molar-refractivity contribution in [1.29, 1.82) is 0 Å². The molecule has 2 aromatic rings. The van der Waals surface area contributed by atoms with Crippen molar-refractivity contribution < 1.29 is 13.0 Å². The maximum Gasteiger partial charge on any atom is 0.264 e. The van der Waals surface area contributed by atoms with Crippen molar-refractivity contribution in [2.24, 2.45) is 0 Å². The highest BCUT2D eigenvalue weighted by molar-refractivity contribution is 8.02. The third-order valence-electron chi connectivity index (χ3n) is 4.45. The average molecular weight is 410 g/mol. The molecule has 0 saturated heterocycles. The Morgan fingerprint density at radius 1 is 1.31 bits per heavy atom. The standard InChI is InChI=1S/C19H23NO3S3/c1-3-15(24-2)13-18-20(11-6-12-26(21,22)23)19-16-8-5-4-7-14(16)9-10-17(19)25-18/h4-5,7-10,13,18H,3,6,11-12H2,1-2H3,(H,21,22,23)/b15-13+. The van der Waals surface area contributed by atoms with Crippen LogP contribution in [-0.2, 0) is 10.1 Å². The normalized spacial score (nSPS) is 17.7. The molecule has 1 aliphatic rings. The summed E-state index contributed by atoms with van der Waals surface area (Å²) in [4.78, 5) is 4.81. The highest BCUT2D eigenvalue weighted by atomic mass is 32.2. The molecule has 0 amide bonds. The van der Waals surface area contributed by atoms with Crippen LogP contribution < -0.4 is 4.90 Å². The van der Waals surface area contributed by atoms with Crippen LogP contribution in [0.2, 0.25) is 0 Å². The first-order chi connectivity index (χ1) is 12.4. The van der Waals surface area contributed by atoms with Gasteiger partial charge in [0.2, 0.25) is 0 Å². The predicted molar refractivity (Wildman–Crippen MR) is 114 cm³/mol. The Labute approximate surface area is 163 Å². The van der Waals surface area contributed by atoms with Crippen molar-refractivity contribution in [3.63, 3.8) is 0 Å². The zero-order valence-electron chi connectivity index (χ0n) is 14.9. The number of thioether (sulfide) groups is 2. The van der Waals surface area contributed by atoms with Gasteiger partial charge in [-0.2, -0.15) is 8.42 Å². The van der Waals surface area contributed by atoms with E-state index in [1.165, 1.54) is 26.3 Å². The number of anilines is 1. The fourth-order valence-electron chi connectivity index (χ4n) is 3.22. The molecular weight excluding hydrogens is 386 g/mol. The lowest BCUT2D eigenvalue weighted by Crippen LogP contribution is -2.30. The molecule has 1 atom stereocenters. The second-order valence-electron chi connectivity index (χ2n) is 6.17. The molecule has 0 fully saturated rings. The monoisotopic (exact) mass is 409 g/mol. The van der Waals surface area contributed by atoms with Crippen molar-refractivity contribution in [1.82, 2.24) is 0 Å². The molecule has 26 heavy (non-hydrogen) atoms. The van der Waals surface area contributed by atoms with Crippen LogP contribution in [0, 0.1) is 0 Å². The van der Waals surface area contributed by atoms with Gasteiger partial charge in [-0.25, -0.2) is 0 Å². The summed E-state index contributed by atoms with van der Waals surface area (Å²) >= 11 is 3.55. The topological polar surface area (TPSA) is 57.6 Å². The van der Waals surface area contributed by atoms with Gasteiger partial charge in [-0.05, 0) is 41.5 Å². The lowest BCUT2D eigenvalue weighted by Gasteiger charge is -2.26. The van der Waals surface area contributed by atoms with Crippen molar-refractivity contribution in [3.8, 4) is 0 Å². The van der Waals surface area contributed by atoms with Gasteiger partial charge in [0.1, 0.15) is 0 Å². The fraction of sp³-hybridized carbons (Fsp3) is 0.368. The van der Waals surface area contributed by atoms with E-state index in [0.29, 0.717) is 13.0 Å². The quantitative estimate of drug-likeness (QED) is 0.649. The van der Waals surface area contributed by atoms with Gasteiger partial charge in [0.05, 0.1) is 16.8 Å². The van der Waals surface area contributed by atoms with Crippen LogP contribution >= 0.6 is 23.5 Å². The van der Waals surface area contributed by atoms with Gasteiger partial charge in [0.25, 0.3) is 10.1 Å². The Hall–Kier alpha value is -1.15. The molecule has 1 aliphatic heterocycles. The van der Waals surface area contributed by atoms with Crippen LogP contribution in [0.1, 0.15) is 19.8 Å². The summed E-state index contributed by atoms with van der Waals surface area (Å²) in [5.41, 5.74) is 1.17. The molecular formula is C19H23NO3S3. The summed E-state index contributed by atoms with van der Waals surface area (Å²) in [7, 11) is -3.94. The number of allylic oxidation sites excluding steroid dienone is 1. The van der Waals surface area contributed by atoms with Crippen LogP contribution in [0.3, 0.4) is 0 Å². The predicted octanol–water partition coefficient (Wildman–Crippen LogP) is 5.01. The van der Waals surface area contributed by atoms with Crippen molar-refractivity contribution in [2.75, 3.05) is 23.5 Å². The molecule has 0 saturated carbocycles. The number of benzene rings is 2. The van der Waals surface area contributed by atoms with Gasteiger partial charge >= 0.3 is 0 Å². The first-order valence-corrected chi connectivity index (χ1v) is 12.3. The summed E-state index contributed by atoms with van der Waals surface area (Å²) in [6.07, 6.45) is 5.74. The smallest absolute Gasteiger partial charge is 0.264 e. The van der Waals surface area contributed by atoms with E-state index in [9.17, 15) is 8.42 Å². The first-order valence-electron chi connectivity index (χ1n) is 8.58. The minimum absolute atomic E-state index is 0.139. The fourth-order valence-corrected chi connectivity index (χ4v) is 5.67. The molecule has 0 spiro atoms. The third-order valence-corrected chi connectivity index (χ3v) is 7.42. The summed E-state index contributed by atoms with van der Waals surface area (Å²) < 4.78 is 31.3. The second-order valence-corrected chi connectivity index (χ2v) is 9.83. The molecule has 1 heterocycles. The molecule has 0 aliphatic carbocycles. The second kappa shape index (κ2) is 8.25. The Morgan fingerprint density at radius 3 is 2.77 bits per heavy atom. The van der Waals surface area contributed by atoms with Crippen molar-refractivity contribution in [2.45, 2.75) is 30.0 Å². The number of fused-ring (bicyclic) bond motifs is 3. The molecule has 140 valence electrons. The zero-order chi connectivity index (χ0) is 18.7. The van der Waals surface area contributed by atoms with Gasteiger partial charge in [-0.15, -0.1) is 11.8 Å². The average Bonchev–Trinajstić information content (AvgIpc) is 2.96. The zero-order valence-corrected chi connectivity index (χ0v) is 17.3. The van der Waals surface area contributed by atoms with Crippen LogP contribution in [0.15, 0.2) is 52.3 Å². The Kier molecular flexibility index (Phi) is 6.22. The minimum Gasteiger partial charge on any atom is -0.354 e. The molecule has 7 heteroatoms. The van der Waals surface area contributed by atoms with E-state index < -0.39 is 10.1 Å². The lowest BCUT2D eigenvalue weighted by molar-refractivity contribution is 0.481. The molecule has 0 bridgehead atoms. The summed E-state index contributed by atoms with van der Waals surface area (Å²) in [5, 5.41) is 2.50. The number of rotatable bonds is 7. The number of hydrogen-bond donors (Lipinski definition) is 1. The van der Waals surface area contributed by atoms with E-state index in [4.69, 9.17) is 4.55 Å². The van der Waals surface area contributed by atoms with Gasteiger partial charge < -0.3 is 4.90 Å². The van der Waals surface area contributed by atoms with E-state index in [1.807, 2.05) is 12.1 Å². The van der Waals surface area contributed by atoms with Gasteiger partial charge in [0.15, 0.2) is 0 Å². The highest BCUT2D eigenvalue weighted by Crippen LogP contribution is 2.48. The van der Waals surface area contributed by atoms with Gasteiger partial charge in [-0.1, -0.05) is 49.0 Å². The van der Waals surface area contributed by atoms with E-state index in [0.717, 1.165) is 6.42 Å². The maximum atomic E-state index is 11.1. The van der Waals surface area contributed by atoms with E-state index in [-0.39, 0.29) is 11.1 Å². The van der Waals surface area contributed by atoms with Gasteiger partial charge in [0, 0.05) is 16.8 Å². The summed E-state index contributed by atoms with van der Waals surface area (Å²) in [5.74, 6) is -0.214. The summed E-state index contributed by atoms with van der Waals surface area (Å²) in [6.45, 7) is 2.73. The highest BCUT2D eigenvalue weighted by Gasteiger charge is 2.30. The van der Waals surface area contributed by atoms with E-state index in [1.54, 1.807) is 23.5 Å². The van der Waals surface area contributed by atoms with E-state index >= 15 is 0 Å². The Bertz CT molecular complexity index is 919. The van der Waals surface area contributed by atoms with Crippen molar-refractivity contribution >= 4 is 50.1 Å². The van der Waals surface area contributed by atoms with Crippen LogP contribution in [0.25, 0.3) is 10.8 Å². The van der Waals surface area contributed by atoms with Crippen LogP contribution in [0.5, 0.6) is 0 Å². The molecule has 0 aromatic heterocycles. The Balaban J connectivity index is 1.99. The lowest BCUT2D eigenvalue weighted by atomic mass is 10.1. The number of hydrogen-bond acceptors (Lipinski definition) is 5. The molecule has 0 radical (unpaired) electrons. The van der Waals surface area contributed by atoms with E-state index in [2.05, 4.69) is 48.4 Å². The summed E-state index contributed by atoms with van der Waals surface area (Å²) in [6, 6.07) is 12.6. The van der Waals surface area contributed by atoms with Crippen LogP contribution in [-0.4, -0.2) is 36.9 Å². The molecule has 1 unspecified atom stereocenters. The molecule has 2 aromatic carbocycles. The van der Waals surface area contributed by atoms with Crippen molar-refractivity contribution in [3.05, 3.63) is 47.4 Å².